The van der Waals surface area contributed by atoms with Crippen molar-refractivity contribution in [1.82, 2.24) is 4.98 Å². The molecule has 0 saturated carbocycles. The van der Waals surface area contributed by atoms with Crippen LogP contribution in [0.25, 0.3) is 0 Å². The number of rotatable bonds is 11. The average Bonchev–Trinajstić information content (AvgIpc) is 2.67. The van der Waals surface area contributed by atoms with Gasteiger partial charge in [-0.1, -0.05) is 18.2 Å². The van der Waals surface area contributed by atoms with Crippen LogP contribution in [0.1, 0.15) is 24.8 Å². The number of nitro benzene ring substituents is 1. The smallest absolute Gasteiger partial charge is 0.310 e. The van der Waals surface area contributed by atoms with Crippen LogP contribution in [-0.2, 0) is 16.0 Å². The Morgan fingerprint density at radius 1 is 1.04 bits per heavy atom. The minimum atomic E-state index is -0.518. The van der Waals surface area contributed by atoms with Crippen molar-refractivity contribution in [2.45, 2.75) is 25.7 Å². The molecule has 28 heavy (non-hydrogen) atoms. The number of ether oxygens (including phenoxy) is 1. The van der Waals surface area contributed by atoms with Crippen molar-refractivity contribution in [1.29, 1.82) is 0 Å². The number of hydrogen-bond acceptors (Lipinski definition) is 8. The molecule has 0 aliphatic heterocycles. The van der Waals surface area contributed by atoms with Gasteiger partial charge in [0.05, 0.1) is 22.9 Å². The highest BCUT2D eigenvalue weighted by atomic mass is 16.6. The van der Waals surface area contributed by atoms with Gasteiger partial charge >= 0.3 is 5.97 Å². The second kappa shape index (κ2) is 10.6. The molecular formula is C18H20N4O6. The van der Waals surface area contributed by atoms with E-state index in [1.54, 1.807) is 18.2 Å². The highest BCUT2D eigenvalue weighted by Gasteiger charge is 2.16. The number of unbranched alkanes of at least 4 members (excludes halogenated alkanes) is 2. The summed E-state index contributed by atoms with van der Waals surface area (Å²) in [7, 11) is 0. The molecule has 1 heterocycles. The standard InChI is InChI=1S/C18H20N4O6/c23-18(12-14-6-2-3-7-16(14)22(26)27)28-11-5-1-4-10-19-17-9-8-15(13-20-17)21(24)25/h2-3,6-9,13H,1,4-5,10-12H2,(H,19,20). The number of nitrogens with zero attached hydrogens (tertiary/aromatic N) is 3. The summed E-state index contributed by atoms with van der Waals surface area (Å²) >= 11 is 0. The fourth-order valence-electron chi connectivity index (χ4n) is 2.45. The first-order valence-electron chi connectivity index (χ1n) is 8.69. The number of nitro groups is 2. The van der Waals surface area contributed by atoms with Crippen molar-refractivity contribution < 1.29 is 19.4 Å². The van der Waals surface area contributed by atoms with Crippen molar-refractivity contribution in [2.24, 2.45) is 0 Å². The van der Waals surface area contributed by atoms with E-state index in [0.29, 0.717) is 24.3 Å². The Kier molecular flexibility index (Phi) is 7.82. The van der Waals surface area contributed by atoms with Gasteiger partial charge in [0.1, 0.15) is 12.0 Å². The van der Waals surface area contributed by atoms with Crippen LogP contribution in [0.5, 0.6) is 0 Å². The first kappa shape index (κ1) is 20.7. The van der Waals surface area contributed by atoms with Crippen LogP contribution in [0.15, 0.2) is 42.6 Å². The minimum absolute atomic E-state index is 0.0619. The van der Waals surface area contributed by atoms with E-state index in [2.05, 4.69) is 10.3 Å². The van der Waals surface area contributed by atoms with Crippen molar-refractivity contribution in [3.63, 3.8) is 0 Å². The van der Waals surface area contributed by atoms with Crippen LogP contribution in [0.3, 0.4) is 0 Å². The summed E-state index contributed by atoms with van der Waals surface area (Å²) < 4.78 is 5.12. The van der Waals surface area contributed by atoms with Gasteiger partial charge in [-0.3, -0.25) is 25.0 Å². The third kappa shape index (κ3) is 6.63. The van der Waals surface area contributed by atoms with Gasteiger partial charge in [0.15, 0.2) is 0 Å². The summed E-state index contributed by atoms with van der Waals surface area (Å²) in [6, 6.07) is 9.01. The predicted molar refractivity (Wildman–Crippen MR) is 101 cm³/mol. The number of pyridine rings is 1. The van der Waals surface area contributed by atoms with Crippen molar-refractivity contribution in [3.8, 4) is 0 Å². The highest BCUT2D eigenvalue weighted by Crippen LogP contribution is 2.18. The molecule has 0 atom stereocenters. The van der Waals surface area contributed by atoms with Crippen LogP contribution < -0.4 is 5.32 Å². The number of nitrogens with one attached hydrogen (secondary N) is 1. The molecule has 1 aromatic carbocycles. The van der Waals surface area contributed by atoms with Gasteiger partial charge in [0.2, 0.25) is 0 Å². The number of carbonyl (C=O) groups excluding carboxylic acids is 1. The maximum Gasteiger partial charge on any atom is 0.310 e. The summed E-state index contributed by atoms with van der Waals surface area (Å²) in [5.41, 5.74) is 0.177. The molecule has 0 amide bonds. The first-order chi connectivity index (χ1) is 13.5. The summed E-state index contributed by atoms with van der Waals surface area (Å²) in [6.45, 7) is 0.879. The van der Waals surface area contributed by atoms with Crippen LogP contribution in [-0.4, -0.2) is 34.0 Å². The molecule has 0 saturated heterocycles. The third-order valence-electron chi connectivity index (χ3n) is 3.87. The number of benzene rings is 1. The molecule has 0 spiro atoms. The molecule has 148 valence electrons. The van der Waals surface area contributed by atoms with E-state index in [4.69, 9.17) is 4.74 Å². The van der Waals surface area contributed by atoms with Crippen LogP contribution in [0.2, 0.25) is 0 Å². The van der Waals surface area contributed by atoms with Gasteiger partial charge < -0.3 is 10.1 Å². The molecule has 2 aromatic rings. The van der Waals surface area contributed by atoms with E-state index in [1.165, 1.54) is 24.4 Å². The zero-order valence-electron chi connectivity index (χ0n) is 15.1. The van der Waals surface area contributed by atoms with E-state index in [9.17, 15) is 25.0 Å². The number of hydrogen-bond donors (Lipinski definition) is 1. The van der Waals surface area contributed by atoms with Crippen LogP contribution >= 0.6 is 0 Å². The molecule has 0 unspecified atom stereocenters. The second-order valence-corrected chi connectivity index (χ2v) is 5.93. The van der Waals surface area contributed by atoms with Crippen LogP contribution in [0, 0.1) is 20.2 Å². The molecule has 0 aliphatic rings. The molecule has 1 aromatic heterocycles. The second-order valence-electron chi connectivity index (χ2n) is 5.93. The molecule has 2 rings (SSSR count). The fourth-order valence-corrected chi connectivity index (χ4v) is 2.45. The highest BCUT2D eigenvalue weighted by molar-refractivity contribution is 5.74. The summed E-state index contributed by atoms with van der Waals surface area (Å²) in [6.07, 6.45) is 3.33. The van der Waals surface area contributed by atoms with Gasteiger partial charge in [-0.2, -0.15) is 0 Å². The molecule has 0 radical (unpaired) electrons. The lowest BCUT2D eigenvalue weighted by Crippen LogP contribution is -2.11. The monoisotopic (exact) mass is 388 g/mol. The largest absolute Gasteiger partial charge is 0.465 e. The van der Waals surface area contributed by atoms with E-state index >= 15 is 0 Å². The van der Waals surface area contributed by atoms with Gasteiger partial charge in [-0.05, 0) is 25.3 Å². The van der Waals surface area contributed by atoms with Crippen molar-refractivity contribution in [3.05, 3.63) is 68.4 Å². The van der Waals surface area contributed by atoms with Gasteiger partial charge in [-0.15, -0.1) is 0 Å². The molecule has 0 aliphatic carbocycles. The number of carbonyl (C=O) groups is 1. The van der Waals surface area contributed by atoms with Gasteiger partial charge in [-0.25, -0.2) is 4.98 Å². The molecule has 1 N–H and O–H groups in total. The molecule has 10 nitrogen and oxygen atoms in total. The number of aromatic nitrogens is 1. The predicted octanol–water partition coefficient (Wildman–Crippen LogP) is 3.27. The maximum atomic E-state index is 11.8. The zero-order valence-corrected chi connectivity index (χ0v) is 15.1. The number of esters is 1. The molecule has 10 heteroatoms. The number of anilines is 1. The summed E-state index contributed by atoms with van der Waals surface area (Å²) in [4.78, 5) is 36.2. The van der Waals surface area contributed by atoms with E-state index in [-0.39, 0.29) is 24.4 Å². The Bertz CT molecular complexity index is 825. The Morgan fingerprint density at radius 3 is 2.50 bits per heavy atom. The Labute approximate surface area is 160 Å². The summed E-state index contributed by atoms with van der Waals surface area (Å²) in [5.74, 6) is 0.0592. The van der Waals surface area contributed by atoms with Gasteiger partial charge in [0.25, 0.3) is 11.4 Å². The van der Waals surface area contributed by atoms with Crippen molar-refractivity contribution >= 4 is 23.2 Å². The SMILES string of the molecule is O=C(Cc1ccccc1[N+](=O)[O-])OCCCCCNc1ccc([N+](=O)[O-])cn1. The van der Waals surface area contributed by atoms with E-state index in [0.717, 1.165) is 12.8 Å². The van der Waals surface area contributed by atoms with Crippen LogP contribution in [0.4, 0.5) is 17.2 Å². The minimum Gasteiger partial charge on any atom is -0.465 e. The lowest BCUT2D eigenvalue weighted by atomic mass is 10.1. The van der Waals surface area contributed by atoms with E-state index in [1.807, 2.05) is 0 Å². The quantitative estimate of drug-likeness (QED) is 0.268. The Hall–Kier alpha value is -3.56. The summed E-state index contributed by atoms with van der Waals surface area (Å²) in [5, 5.41) is 24.5. The molecule has 0 fully saturated rings. The lowest BCUT2D eigenvalue weighted by Gasteiger charge is -2.07. The fraction of sp³-hybridized carbons (Fsp3) is 0.333. The number of para-hydroxylation sites is 1. The Morgan fingerprint density at radius 2 is 1.82 bits per heavy atom. The molecule has 0 bridgehead atoms. The van der Waals surface area contributed by atoms with Crippen molar-refractivity contribution in [2.75, 3.05) is 18.5 Å². The zero-order chi connectivity index (χ0) is 20.4. The Balaban J connectivity index is 1.59. The molecular weight excluding hydrogens is 368 g/mol. The normalized spacial score (nSPS) is 10.3. The maximum absolute atomic E-state index is 11.8. The van der Waals surface area contributed by atoms with E-state index < -0.39 is 15.8 Å². The topological polar surface area (TPSA) is 138 Å². The van der Waals surface area contributed by atoms with Gasteiger partial charge in [0, 0.05) is 24.2 Å². The lowest BCUT2D eigenvalue weighted by molar-refractivity contribution is -0.385. The average molecular weight is 388 g/mol. The first-order valence-corrected chi connectivity index (χ1v) is 8.69. The third-order valence-corrected chi connectivity index (χ3v) is 3.87.